The summed E-state index contributed by atoms with van der Waals surface area (Å²) in [5.41, 5.74) is 2.77. The van der Waals surface area contributed by atoms with Gasteiger partial charge >= 0.3 is 0 Å². The number of nitrogens with one attached hydrogen (secondary N) is 1. The molecule has 128 valence electrons. The quantitative estimate of drug-likeness (QED) is 0.626. The minimum atomic E-state index is -0.590. The Morgan fingerprint density at radius 3 is 2.60 bits per heavy atom. The number of halogens is 3. The Balaban J connectivity index is 1.91. The summed E-state index contributed by atoms with van der Waals surface area (Å²) in [5, 5.41) is 8.09. The van der Waals surface area contributed by atoms with Crippen molar-refractivity contribution in [3.8, 4) is 16.9 Å². The number of benzene rings is 2. The fourth-order valence-corrected chi connectivity index (χ4v) is 3.43. The molecular formula is C19H16BrF2N3. The Morgan fingerprint density at radius 2 is 1.84 bits per heavy atom. The average molecular weight is 404 g/mol. The zero-order valence-electron chi connectivity index (χ0n) is 13.4. The first-order valence-electron chi connectivity index (χ1n) is 8.20. The zero-order valence-corrected chi connectivity index (χ0v) is 15.0. The van der Waals surface area contributed by atoms with Crippen molar-refractivity contribution >= 4 is 21.7 Å². The lowest BCUT2D eigenvalue weighted by Gasteiger charge is -2.09. The summed E-state index contributed by atoms with van der Waals surface area (Å²) in [6, 6.07) is 11.4. The number of nitrogens with zero attached hydrogens (tertiary/aromatic N) is 2. The van der Waals surface area contributed by atoms with Crippen LogP contribution in [0.1, 0.15) is 18.4 Å². The van der Waals surface area contributed by atoms with Gasteiger partial charge in [-0.25, -0.2) is 13.5 Å². The van der Waals surface area contributed by atoms with E-state index in [1.54, 1.807) is 0 Å². The minimum absolute atomic E-state index is 0.331. The lowest BCUT2D eigenvalue weighted by atomic mass is 10.0. The SMILES string of the molecule is Fc1ccc(-c2nn(-c3ccc(Br)cc3)c3c2CCCCN3)c(F)c1. The largest absolute Gasteiger partial charge is 0.370 e. The summed E-state index contributed by atoms with van der Waals surface area (Å²) < 4.78 is 30.4. The van der Waals surface area contributed by atoms with Crippen LogP contribution < -0.4 is 5.32 Å². The van der Waals surface area contributed by atoms with Gasteiger partial charge in [0.25, 0.3) is 0 Å². The predicted octanol–water partition coefficient (Wildman–Crippen LogP) is 5.33. The van der Waals surface area contributed by atoms with E-state index >= 15 is 0 Å². The Kier molecular flexibility index (Phi) is 4.29. The predicted molar refractivity (Wildman–Crippen MR) is 98.0 cm³/mol. The fourth-order valence-electron chi connectivity index (χ4n) is 3.17. The smallest absolute Gasteiger partial charge is 0.135 e. The summed E-state index contributed by atoms with van der Waals surface area (Å²) in [6.07, 6.45) is 2.85. The molecule has 0 bridgehead atoms. The minimum Gasteiger partial charge on any atom is -0.370 e. The average Bonchev–Trinajstić information content (AvgIpc) is 2.78. The molecule has 1 aromatic heterocycles. The summed E-state index contributed by atoms with van der Waals surface area (Å²) in [6.45, 7) is 0.848. The van der Waals surface area contributed by atoms with Crippen molar-refractivity contribution in [1.82, 2.24) is 9.78 Å². The highest BCUT2D eigenvalue weighted by molar-refractivity contribution is 9.10. The number of rotatable bonds is 2. The molecule has 0 atom stereocenters. The molecule has 1 aliphatic heterocycles. The van der Waals surface area contributed by atoms with Gasteiger partial charge in [0.1, 0.15) is 23.1 Å². The first-order chi connectivity index (χ1) is 12.1. The number of aromatic nitrogens is 2. The summed E-state index contributed by atoms with van der Waals surface area (Å²) in [4.78, 5) is 0. The Labute approximate surface area is 152 Å². The van der Waals surface area contributed by atoms with E-state index in [2.05, 4.69) is 26.3 Å². The van der Waals surface area contributed by atoms with Crippen molar-refractivity contribution in [1.29, 1.82) is 0 Å². The van der Waals surface area contributed by atoms with Gasteiger partial charge in [-0.05, 0) is 55.7 Å². The van der Waals surface area contributed by atoms with Crippen molar-refractivity contribution in [3.63, 3.8) is 0 Å². The van der Waals surface area contributed by atoms with E-state index in [9.17, 15) is 8.78 Å². The highest BCUT2D eigenvalue weighted by Gasteiger charge is 2.23. The van der Waals surface area contributed by atoms with Crippen molar-refractivity contribution in [2.45, 2.75) is 19.3 Å². The van der Waals surface area contributed by atoms with Crippen LogP contribution in [0.25, 0.3) is 16.9 Å². The second kappa shape index (κ2) is 6.59. The standard InChI is InChI=1S/C19H16BrF2N3/c20-12-4-7-14(8-5-12)25-19-16(3-1-2-10-23-19)18(24-25)15-9-6-13(21)11-17(15)22/h4-9,11,23H,1-3,10H2. The van der Waals surface area contributed by atoms with Gasteiger partial charge in [-0.15, -0.1) is 0 Å². The molecule has 0 amide bonds. The molecule has 2 heterocycles. The lowest BCUT2D eigenvalue weighted by molar-refractivity contribution is 0.585. The monoisotopic (exact) mass is 403 g/mol. The summed E-state index contributed by atoms with van der Waals surface area (Å²) >= 11 is 3.43. The second-order valence-electron chi connectivity index (χ2n) is 6.07. The third kappa shape index (κ3) is 3.06. The molecule has 0 saturated heterocycles. The van der Waals surface area contributed by atoms with Gasteiger partial charge in [-0.3, -0.25) is 0 Å². The van der Waals surface area contributed by atoms with Crippen molar-refractivity contribution in [2.24, 2.45) is 0 Å². The third-order valence-corrected chi connectivity index (χ3v) is 4.92. The molecule has 0 radical (unpaired) electrons. The number of hydrogen-bond donors (Lipinski definition) is 1. The van der Waals surface area contributed by atoms with Crippen LogP contribution in [0, 0.1) is 11.6 Å². The van der Waals surface area contributed by atoms with Gasteiger partial charge < -0.3 is 5.32 Å². The number of anilines is 1. The molecule has 0 fully saturated rings. The molecule has 1 aliphatic rings. The van der Waals surface area contributed by atoms with Crippen LogP contribution in [0.15, 0.2) is 46.9 Å². The first kappa shape index (κ1) is 16.3. The molecule has 3 nitrogen and oxygen atoms in total. The van der Waals surface area contributed by atoms with E-state index in [4.69, 9.17) is 0 Å². The highest BCUT2D eigenvalue weighted by atomic mass is 79.9. The molecule has 25 heavy (non-hydrogen) atoms. The number of fused-ring (bicyclic) bond motifs is 1. The third-order valence-electron chi connectivity index (χ3n) is 4.39. The summed E-state index contributed by atoms with van der Waals surface area (Å²) in [7, 11) is 0. The maximum absolute atomic E-state index is 14.4. The van der Waals surface area contributed by atoms with Crippen LogP contribution in [-0.4, -0.2) is 16.3 Å². The van der Waals surface area contributed by atoms with E-state index < -0.39 is 11.6 Å². The molecule has 1 N–H and O–H groups in total. The van der Waals surface area contributed by atoms with Crippen molar-refractivity contribution in [3.05, 3.63) is 64.1 Å². The molecule has 0 unspecified atom stereocenters. The molecule has 0 saturated carbocycles. The maximum Gasteiger partial charge on any atom is 0.135 e. The topological polar surface area (TPSA) is 29.9 Å². The fraction of sp³-hybridized carbons (Fsp3) is 0.211. The summed E-state index contributed by atoms with van der Waals surface area (Å²) in [5.74, 6) is -0.288. The molecule has 3 aromatic rings. The van der Waals surface area contributed by atoms with E-state index in [1.165, 1.54) is 12.1 Å². The Hall–Kier alpha value is -2.21. The van der Waals surface area contributed by atoms with Gasteiger partial charge in [-0.1, -0.05) is 15.9 Å². The van der Waals surface area contributed by atoms with Gasteiger partial charge in [0.05, 0.1) is 5.69 Å². The van der Waals surface area contributed by atoms with Crippen LogP contribution in [0.4, 0.5) is 14.6 Å². The van der Waals surface area contributed by atoms with Gasteiger partial charge in [-0.2, -0.15) is 5.10 Å². The Morgan fingerprint density at radius 1 is 1.04 bits per heavy atom. The van der Waals surface area contributed by atoms with Crippen molar-refractivity contribution < 1.29 is 8.78 Å². The van der Waals surface area contributed by atoms with E-state index in [1.807, 2.05) is 28.9 Å². The first-order valence-corrected chi connectivity index (χ1v) is 9.00. The lowest BCUT2D eigenvalue weighted by Crippen LogP contribution is -2.07. The highest BCUT2D eigenvalue weighted by Crippen LogP contribution is 2.35. The van der Waals surface area contributed by atoms with E-state index in [0.29, 0.717) is 11.3 Å². The van der Waals surface area contributed by atoms with Crippen LogP contribution in [0.2, 0.25) is 0 Å². The normalized spacial score (nSPS) is 13.9. The molecule has 4 rings (SSSR count). The molecule has 0 aliphatic carbocycles. The molecular weight excluding hydrogens is 388 g/mol. The van der Waals surface area contributed by atoms with Gasteiger partial charge in [0.15, 0.2) is 0 Å². The molecule has 0 spiro atoms. The van der Waals surface area contributed by atoms with Gasteiger partial charge in [0, 0.05) is 28.2 Å². The van der Waals surface area contributed by atoms with Crippen LogP contribution in [0.3, 0.4) is 0 Å². The number of hydrogen-bond acceptors (Lipinski definition) is 2. The van der Waals surface area contributed by atoms with Crippen LogP contribution in [0.5, 0.6) is 0 Å². The van der Waals surface area contributed by atoms with Crippen LogP contribution >= 0.6 is 15.9 Å². The Bertz CT molecular complexity index is 919. The second-order valence-corrected chi connectivity index (χ2v) is 6.99. The van der Waals surface area contributed by atoms with E-state index in [-0.39, 0.29) is 0 Å². The van der Waals surface area contributed by atoms with Crippen molar-refractivity contribution in [2.75, 3.05) is 11.9 Å². The zero-order chi connectivity index (χ0) is 17.4. The van der Waals surface area contributed by atoms with E-state index in [0.717, 1.165) is 53.4 Å². The molecule has 2 aromatic carbocycles. The van der Waals surface area contributed by atoms with Gasteiger partial charge in [0.2, 0.25) is 0 Å². The maximum atomic E-state index is 14.4. The van der Waals surface area contributed by atoms with Crippen LogP contribution in [-0.2, 0) is 6.42 Å². The molecule has 6 heteroatoms.